The predicted molar refractivity (Wildman–Crippen MR) is 121 cm³/mol. The molecule has 180 valence electrons. The van der Waals surface area contributed by atoms with Crippen LogP contribution in [0.15, 0.2) is 60.7 Å². The van der Waals surface area contributed by atoms with Gasteiger partial charge < -0.3 is 5.11 Å². The van der Waals surface area contributed by atoms with Gasteiger partial charge in [0, 0.05) is 10.9 Å². The first kappa shape index (κ1) is 25.4. The molecule has 2 nitrogen and oxygen atoms in total. The lowest BCUT2D eigenvalue weighted by molar-refractivity contribution is -0.139. The lowest BCUT2D eigenvalue weighted by atomic mass is 9.86. The molecular weight excluding hydrogens is 451 g/mol. The molecule has 7 heteroatoms. The minimum atomic E-state index is -4.45. The Bertz CT molecular complexity index is 1130. The van der Waals surface area contributed by atoms with E-state index in [-0.39, 0.29) is 5.92 Å². The second-order valence-electron chi connectivity index (χ2n) is 8.86. The van der Waals surface area contributed by atoms with Crippen molar-refractivity contribution in [3.8, 4) is 11.1 Å². The van der Waals surface area contributed by atoms with Crippen molar-refractivity contribution in [3.63, 3.8) is 0 Å². The summed E-state index contributed by atoms with van der Waals surface area (Å²) in [5.74, 6) is -2.62. The number of hydrogen-bond donors (Lipinski definition) is 0. The number of carbonyl (C=O) groups is 1. The largest absolute Gasteiger partial charge is 0.564 e. The van der Waals surface area contributed by atoms with E-state index in [1.54, 1.807) is 18.2 Å². The Morgan fingerprint density at radius 2 is 1.38 bits per heavy atom. The second-order valence-corrected chi connectivity index (χ2v) is 8.86. The van der Waals surface area contributed by atoms with E-state index in [1.807, 2.05) is 13.8 Å². The normalized spacial score (nSPS) is 12.7. The molecule has 0 bridgehead atoms. The smallest absolute Gasteiger partial charge is 0.523 e. The average Bonchev–Trinajstić information content (AvgIpc) is 2.74. The van der Waals surface area contributed by atoms with E-state index in [2.05, 4.69) is 0 Å². The maximum absolute atomic E-state index is 13.6. The van der Waals surface area contributed by atoms with Crippen LogP contribution in [-0.2, 0) is 23.8 Å². The third-order valence-corrected chi connectivity index (χ3v) is 5.61. The second kappa shape index (κ2) is 10.4. The van der Waals surface area contributed by atoms with Crippen molar-refractivity contribution in [2.24, 2.45) is 5.92 Å². The zero-order chi connectivity index (χ0) is 25.0. The monoisotopic (exact) mass is 477 g/mol. The Labute approximate surface area is 195 Å². The van der Waals surface area contributed by atoms with Crippen molar-refractivity contribution in [1.29, 1.82) is 0 Å². The Morgan fingerprint density at radius 3 is 1.88 bits per heavy atom. The number of alkyl halides is 3. The van der Waals surface area contributed by atoms with Gasteiger partial charge in [-0.1, -0.05) is 44.2 Å². The highest BCUT2D eigenvalue weighted by Crippen LogP contribution is 2.33. The van der Waals surface area contributed by atoms with Gasteiger partial charge in [0.15, 0.2) is 0 Å². The molecule has 0 amide bonds. The van der Waals surface area contributed by atoms with Crippen molar-refractivity contribution in [3.05, 3.63) is 94.6 Å². The van der Waals surface area contributed by atoms with Crippen LogP contribution in [0.2, 0.25) is 0 Å². The first-order chi connectivity index (χ1) is 15.9. The van der Waals surface area contributed by atoms with Crippen molar-refractivity contribution in [2.75, 3.05) is 0 Å². The molecule has 0 aliphatic rings. The molecule has 3 aromatic carbocycles. The summed E-state index contributed by atoms with van der Waals surface area (Å²) < 4.78 is 66.0. The highest BCUT2D eigenvalue weighted by molar-refractivity contribution is 5.77. The Hall–Kier alpha value is -3.22. The summed E-state index contributed by atoms with van der Waals surface area (Å²) in [5, 5.41) is 7.74. The van der Waals surface area contributed by atoms with Gasteiger partial charge in [-0.3, -0.25) is 0 Å². The predicted octanol–water partition coefficient (Wildman–Crippen LogP) is 6.82. The Balaban J connectivity index is 2.01. The van der Waals surface area contributed by atoms with E-state index in [9.17, 15) is 26.7 Å². The standard InChI is InChI=1S/C27H25F5O2/c1-16(2)9-25(26(33)34)21-11-17(3-4-18-12-23(28)15-24(29)13-18)10-20(14-21)19-5-7-22(8-6-19)27(30,31)32/h5-8,10-16,25H,3-4,9H2,1-2H3,(H,33,34)/p+1. The average molecular weight is 477 g/mol. The van der Waals surface area contributed by atoms with Crippen LogP contribution in [0.5, 0.6) is 0 Å². The molecule has 34 heavy (non-hydrogen) atoms. The third kappa shape index (κ3) is 6.65. The van der Waals surface area contributed by atoms with Gasteiger partial charge in [-0.05, 0) is 77.3 Å². The quantitative estimate of drug-likeness (QED) is 0.259. The Kier molecular flexibility index (Phi) is 7.75. The number of hydrogen-bond acceptors (Lipinski definition) is 1. The molecule has 1 unspecified atom stereocenters. The lowest BCUT2D eigenvalue weighted by Gasteiger charge is -2.16. The first-order valence-electron chi connectivity index (χ1n) is 10.9. The zero-order valence-corrected chi connectivity index (χ0v) is 18.8. The molecule has 0 aliphatic carbocycles. The summed E-state index contributed by atoms with van der Waals surface area (Å²) in [5.41, 5.74) is 2.21. The fourth-order valence-electron chi connectivity index (χ4n) is 3.99. The van der Waals surface area contributed by atoms with E-state index in [0.717, 1.165) is 23.8 Å². The Morgan fingerprint density at radius 1 is 0.824 bits per heavy atom. The van der Waals surface area contributed by atoms with Crippen LogP contribution < -0.4 is 0 Å². The molecule has 2 N–H and O–H groups in total. The van der Waals surface area contributed by atoms with Crippen LogP contribution in [0.25, 0.3) is 11.1 Å². The molecular formula is C27H26F5O2+. The van der Waals surface area contributed by atoms with Crippen molar-refractivity contribution < 1.29 is 31.9 Å². The minimum Gasteiger partial charge on any atom is -0.564 e. The van der Waals surface area contributed by atoms with E-state index < -0.39 is 35.3 Å². The third-order valence-electron chi connectivity index (χ3n) is 5.61. The van der Waals surface area contributed by atoms with Gasteiger partial charge in [0.1, 0.15) is 17.6 Å². The van der Waals surface area contributed by atoms with Gasteiger partial charge in [0.2, 0.25) is 0 Å². The molecule has 3 aromatic rings. The number of aryl methyl sites for hydroxylation is 2. The number of carbonyl (C=O) groups excluding carboxylic acids is 1. The highest BCUT2D eigenvalue weighted by atomic mass is 19.4. The van der Waals surface area contributed by atoms with Crippen LogP contribution in [0.1, 0.15) is 48.4 Å². The maximum atomic E-state index is 13.6. The molecule has 0 aliphatic heterocycles. The van der Waals surface area contributed by atoms with E-state index in [0.29, 0.717) is 41.5 Å². The number of halogens is 5. The topological polar surface area (TPSA) is 40.0 Å². The van der Waals surface area contributed by atoms with Crippen LogP contribution in [-0.4, -0.2) is 11.1 Å². The van der Waals surface area contributed by atoms with Crippen LogP contribution in [0.3, 0.4) is 0 Å². The minimum absolute atomic E-state index is 0.146. The van der Waals surface area contributed by atoms with E-state index >= 15 is 0 Å². The van der Waals surface area contributed by atoms with E-state index in [1.165, 1.54) is 24.3 Å². The fourth-order valence-corrected chi connectivity index (χ4v) is 3.99. The van der Waals surface area contributed by atoms with Gasteiger partial charge in [-0.2, -0.15) is 13.2 Å². The number of rotatable bonds is 8. The van der Waals surface area contributed by atoms with Crippen LogP contribution in [0, 0.1) is 17.6 Å². The fraction of sp³-hybridized carbons (Fsp3) is 0.296. The molecule has 0 saturated carbocycles. The van der Waals surface area contributed by atoms with Gasteiger partial charge in [-0.15, -0.1) is 0 Å². The van der Waals surface area contributed by atoms with Gasteiger partial charge in [0.25, 0.3) is 0 Å². The summed E-state index contributed by atoms with van der Waals surface area (Å²) in [6, 6.07) is 13.3. The molecule has 0 radical (unpaired) electrons. The van der Waals surface area contributed by atoms with Crippen molar-refractivity contribution in [2.45, 2.75) is 45.2 Å². The molecule has 1 atom stereocenters. The summed E-state index contributed by atoms with van der Waals surface area (Å²) in [7, 11) is 0. The first-order valence-corrected chi connectivity index (χ1v) is 10.9. The molecule has 0 spiro atoms. The molecule has 0 heterocycles. The summed E-state index contributed by atoms with van der Waals surface area (Å²) in [6.45, 7) is 3.88. The summed E-state index contributed by atoms with van der Waals surface area (Å²) in [6.07, 6.45) is -3.28. The maximum Gasteiger partial charge on any atom is 0.523 e. The molecule has 0 fully saturated rings. The highest BCUT2D eigenvalue weighted by Gasteiger charge is 2.30. The number of benzene rings is 3. The van der Waals surface area contributed by atoms with Gasteiger partial charge in [-0.25, -0.2) is 8.78 Å². The van der Waals surface area contributed by atoms with Gasteiger partial charge in [0.05, 0.1) is 5.56 Å². The zero-order valence-electron chi connectivity index (χ0n) is 18.8. The van der Waals surface area contributed by atoms with Crippen LogP contribution >= 0.6 is 0 Å². The molecule has 0 saturated heterocycles. The van der Waals surface area contributed by atoms with Crippen molar-refractivity contribution in [1.82, 2.24) is 0 Å². The van der Waals surface area contributed by atoms with Gasteiger partial charge >= 0.3 is 12.1 Å². The SMILES string of the molecule is CC(C)CC(C(=O)[OH2+])c1cc(CCc2cc(F)cc(F)c2)cc(-c2ccc(C(F)(F)F)cc2)c1. The molecule has 0 aromatic heterocycles. The summed E-state index contributed by atoms with van der Waals surface area (Å²) in [4.78, 5) is 12.1. The van der Waals surface area contributed by atoms with E-state index in [4.69, 9.17) is 5.11 Å². The molecule has 3 rings (SSSR count). The van der Waals surface area contributed by atoms with Crippen molar-refractivity contribution >= 4 is 5.97 Å². The summed E-state index contributed by atoms with van der Waals surface area (Å²) >= 11 is 0. The van der Waals surface area contributed by atoms with Crippen LogP contribution in [0.4, 0.5) is 22.0 Å². The lowest BCUT2D eigenvalue weighted by Crippen LogP contribution is -2.14.